The van der Waals surface area contributed by atoms with Gasteiger partial charge in [-0.05, 0) is 6.92 Å². The molecule has 6 nitrogen and oxygen atoms in total. The molecule has 1 aliphatic rings. The lowest BCUT2D eigenvalue weighted by atomic mass is 9.95. The smallest absolute Gasteiger partial charge is 0.224 e. The number of hydrogen-bond donors (Lipinski definition) is 4. The molecule has 6 heteroatoms. The highest BCUT2D eigenvalue weighted by atomic mass is 16.7. The van der Waals surface area contributed by atoms with E-state index in [2.05, 4.69) is 0 Å². The fourth-order valence-electron chi connectivity index (χ4n) is 1.70. The van der Waals surface area contributed by atoms with Crippen molar-refractivity contribution in [2.24, 2.45) is 0 Å². The van der Waals surface area contributed by atoms with Crippen LogP contribution in [0.5, 0.6) is 0 Å². The van der Waals surface area contributed by atoms with Crippen LogP contribution in [-0.4, -0.2) is 58.7 Å². The summed E-state index contributed by atoms with van der Waals surface area (Å²) in [6, 6.07) is 0. The molecule has 16 heavy (non-hydrogen) atoms. The van der Waals surface area contributed by atoms with Gasteiger partial charge < -0.3 is 29.9 Å². The van der Waals surface area contributed by atoms with Gasteiger partial charge in [0.05, 0.1) is 19.3 Å². The van der Waals surface area contributed by atoms with E-state index < -0.39 is 24.6 Å². The number of aliphatic hydroxyl groups is 4. The number of aliphatic hydroxyl groups excluding tert-OH is 4. The molecule has 1 rings (SSSR count). The largest absolute Gasteiger partial charge is 0.507 e. The molecule has 0 bridgehead atoms. The zero-order chi connectivity index (χ0) is 12.3. The van der Waals surface area contributed by atoms with Crippen molar-refractivity contribution in [3.8, 4) is 0 Å². The van der Waals surface area contributed by atoms with Crippen LogP contribution in [0.4, 0.5) is 0 Å². The van der Waals surface area contributed by atoms with Crippen molar-refractivity contribution in [1.29, 1.82) is 0 Å². The van der Waals surface area contributed by atoms with E-state index in [9.17, 15) is 10.2 Å². The van der Waals surface area contributed by atoms with Crippen LogP contribution >= 0.6 is 0 Å². The average Bonchev–Trinajstić information content (AvgIpc) is 2.31. The molecule has 1 aliphatic heterocycles. The lowest BCUT2D eigenvalue weighted by Crippen LogP contribution is -2.45. The van der Waals surface area contributed by atoms with Crippen molar-refractivity contribution in [3.63, 3.8) is 0 Å². The summed E-state index contributed by atoms with van der Waals surface area (Å²) in [7, 11) is 1.35. The van der Waals surface area contributed by atoms with E-state index in [0.29, 0.717) is 0 Å². The molecule has 1 heterocycles. The van der Waals surface area contributed by atoms with Gasteiger partial charge in [-0.25, -0.2) is 0 Å². The Labute approximate surface area is 93.7 Å². The second kappa shape index (κ2) is 5.11. The van der Waals surface area contributed by atoms with Gasteiger partial charge in [0.2, 0.25) is 5.79 Å². The van der Waals surface area contributed by atoms with E-state index in [1.165, 1.54) is 14.0 Å². The summed E-state index contributed by atoms with van der Waals surface area (Å²) in [4.78, 5) is 0. The average molecular weight is 234 g/mol. The Morgan fingerprint density at radius 1 is 1.56 bits per heavy atom. The van der Waals surface area contributed by atoms with E-state index in [1.54, 1.807) is 0 Å². The van der Waals surface area contributed by atoms with Gasteiger partial charge in [-0.2, -0.15) is 0 Å². The Morgan fingerprint density at radius 2 is 2.19 bits per heavy atom. The molecule has 0 aromatic carbocycles. The summed E-state index contributed by atoms with van der Waals surface area (Å²) < 4.78 is 10.4. The first-order chi connectivity index (χ1) is 7.48. The first-order valence-corrected chi connectivity index (χ1v) is 5.03. The Bertz CT molecular complexity index is 276. The van der Waals surface area contributed by atoms with Crippen LogP contribution in [0.3, 0.4) is 0 Å². The number of hydrogen-bond acceptors (Lipinski definition) is 6. The van der Waals surface area contributed by atoms with Crippen molar-refractivity contribution >= 4 is 0 Å². The highest BCUT2D eigenvalue weighted by Crippen LogP contribution is 2.34. The predicted molar refractivity (Wildman–Crippen MR) is 54.7 cm³/mol. The summed E-state index contributed by atoms with van der Waals surface area (Å²) in [5.41, 5.74) is 0.233. The van der Waals surface area contributed by atoms with Crippen molar-refractivity contribution in [2.75, 3.05) is 20.3 Å². The van der Waals surface area contributed by atoms with Gasteiger partial charge in [-0.1, -0.05) is 0 Å². The molecule has 0 fully saturated rings. The molecule has 0 aromatic rings. The maximum atomic E-state index is 9.88. The topological polar surface area (TPSA) is 99.4 Å². The molecule has 0 radical (unpaired) electrons. The summed E-state index contributed by atoms with van der Waals surface area (Å²) in [6.45, 7) is 0.722. The first kappa shape index (κ1) is 13.4. The van der Waals surface area contributed by atoms with Crippen LogP contribution in [0.15, 0.2) is 11.3 Å². The van der Waals surface area contributed by atoms with Gasteiger partial charge in [0.1, 0.15) is 6.10 Å². The minimum atomic E-state index is -1.39. The second-order valence-corrected chi connectivity index (χ2v) is 3.85. The van der Waals surface area contributed by atoms with Crippen molar-refractivity contribution in [2.45, 2.75) is 31.3 Å². The van der Waals surface area contributed by atoms with Crippen LogP contribution in [-0.2, 0) is 9.47 Å². The second-order valence-electron chi connectivity index (χ2n) is 3.85. The standard InChI is InChI=1S/C10H18O6/c1-10(15-2)9(14)7(8(13)5-12)3-6(4-11)16-10/h6,8,11-14H,3-5H2,1-2H3. The fourth-order valence-corrected chi connectivity index (χ4v) is 1.70. The van der Waals surface area contributed by atoms with Crippen LogP contribution in [0.25, 0.3) is 0 Å². The van der Waals surface area contributed by atoms with Gasteiger partial charge in [0, 0.05) is 19.1 Å². The predicted octanol–water partition coefficient (Wildman–Crippen LogP) is -0.704. The molecule has 4 N–H and O–H groups in total. The van der Waals surface area contributed by atoms with Gasteiger partial charge >= 0.3 is 0 Å². The van der Waals surface area contributed by atoms with E-state index >= 15 is 0 Å². The monoisotopic (exact) mass is 234 g/mol. The van der Waals surface area contributed by atoms with E-state index in [4.69, 9.17) is 19.7 Å². The lowest BCUT2D eigenvalue weighted by molar-refractivity contribution is -0.242. The SMILES string of the molecule is COC1(C)OC(CO)CC(C(O)CO)=C1O. The minimum Gasteiger partial charge on any atom is -0.507 e. The molecule has 0 amide bonds. The van der Waals surface area contributed by atoms with Crippen LogP contribution in [0.2, 0.25) is 0 Å². The summed E-state index contributed by atoms with van der Waals surface area (Å²) in [5, 5.41) is 37.3. The molecule has 0 saturated carbocycles. The maximum absolute atomic E-state index is 9.88. The normalized spacial score (nSPS) is 32.9. The first-order valence-electron chi connectivity index (χ1n) is 5.03. The van der Waals surface area contributed by atoms with Crippen LogP contribution < -0.4 is 0 Å². The van der Waals surface area contributed by atoms with E-state index in [-0.39, 0.29) is 24.4 Å². The lowest BCUT2D eigenvalue weighted by Gasteiger charge is -2.38. The highest BCUT2D eigenvalue weighted by Gasteiger charge is 2.41. The minimum absolute atomic E-state index is 0.156. The summed E-state index contributed by atoms with van der Waals surface area (Å²) in [6.07, 6.45) is -1.59. The van der Waals surface area contributed by atoms with Crippen molar-refractivity contribution in [1.82, 2.24) is 0 Å². The summed E-state index contributed by atoms with van der Waals surface area (Å²) >= 11 is 0. The van der Waals surface area contributed by atoms with E-state index in [0.717, 1.165) is 0 Å². The Kier molecular flexibility index (Phi) is 4.28. The van der Waals surface area contributed by atoms with E-state index in [1.807, 2.05) is 0 Å². The third-order valence-electron chi connectivity index (χ3n) is 2.74. The molecule has 3 atom stereocenters. The zero-order valence-corrected chi connectivity index (χ0v) is 9.38. The quantitative estimate of drug-likeness (QED) is 0.513. The zero-order valence-electron chi connectivity index (χ0n) is 9.38. The van der Waals surface area contributed by atoms with Gasteiger partial charge in [0.25, 0.3) is 0 Å². The maximum Gasteiger partial charge on any atom is 0.224 e. The van der Waals surface area contributed by atoms with Gasteiger partial charge in [0.15, 0.2) is 5.76 Å². The Balaban J connectivity index is 3.05. The molecule has 0 spiro atoms. The third kappa shape index (κ3) is 2.36. The van der Waals surface area contributed by atoms with Gasteiger partial charge in [-0.15, -0.1) is 0 Å². The molecule has 3 unspecified atom stereocenters. The molecular weight excluding hydrogens is 216 g/mol. The van der Waals surface area contributed by atoms with Crippen LogP contribution in [0, 0.1) is 0 Å². The fraction of sp³-hybridized carbons (Fsp3) is 0.800. The number of rotatable bonds is 4. The number of ether oxygens (including phenoxy) is 2. The highest BCUT2D eigenvalue weighted by molar-refractivity contribution is 5.22. The molecule has 0 aliphatic carbocycles. The molecule has 94 valence electrons. The van der Waals surface area contributed by atoms with Crippen LogP contribution in [0.1, 0.15) is 13.3 Å². The third-order valence-corrected chi connectivity index (χ3v) is 2.74. The molecule has 0 saturated heterocycles. The number of methoxy groups -OCH3 is 1. The Hall–Kier alpha value is -0.660. The van der Waals surface area contributed by atoms with Crippen molar-refractivity contribution < 1.29 is 29.9 Å². The molecular formula is C10H18O6. The van der Waals surface area contributed by atoms with Crippen molar-refractivity contribution in [3.05, 3.63) is 11.3 Å². The van der Waals surface area contributed by atoms with Gasteiger partial charge in [-0.3, -0.25) is 0 Å². The molecule has 0 aromatic heterocycles. The summed E-state index contributed by atoms with van der Waals surface area (Å²) in [5.74, 6) is -1.64. The Morgan fingerprint density at radius 3 is 2.62 bits per heavy atom.